The van der Waals surface area contributed by atoms with Gasteiger partial charge in [-0.05, 0) is 56.6 Å². The number of carbonyl (C=O) groups excluding carboxylic acids is 2. The van der Waals surface area contributed by atoms with E-state index in [2.05, 4.69) is 6.92 Å². The molecule has 3 saturated carbocycles. The van der Waals surface area contributed by atoms with E-state index < -0.39 is 48.0 Å². The smallest absolute Gasteiger partial charge is 0.193 e. The van der Waals surface area contributed by atoms with E-state index in [9.17, 15) is 24.9 Å². The van der Waals surface area contributed by atoms with E-state index in [0.717, 1.165) is 18.4 Å². The largest absolute Gasteiger partial charge is 0.393 e. The molecule has 7 nitrogen and oxygen atoms in total. The molecule has 0 aromatic carbocycles. The van der Waals surface area contributed by atoms with E-state index in [1.54, 1.807) is 19.1 Å². The lowest BCUT2D eigenvalue weighted by molar-refractivity contribution is -0.202. The zero-order valence-corrected chi connectivity index (χ0v) is 19.0. The highest BCUT2D eigenvalue weighted by Crippen LogP contribution is 2.69. The van der Waals surface area contributed by atoms with Crippen LogP contribution in [0.3, 0.4) is 0 Å². The van der Waals surface area contributed by atoms with E-state index in [-0.39, 0.29) is 35.4 Å². The molecular formula is C25H34O7. The molecule has 176 valence electrons. The number of hydrogen-bond donors (Lipinski definition) is 3. The minimum atomic E-state index is -1.33. The summed E-state index contributed by atoms with van der Waals surface area (Å²) in [6.45, 7) is 5.12. The van der Waals surface area contributed by atoms with Gasteiger partial charge in [-0.3, -0.25) is 9.59 Å². The van der Waals surface area contributed by atoms with Crippen molar-refractivity contribution in [3.8, 4) is 0 Å². The molecule has 5 rings (SSSR count). The maximum Gasteiger partial charge on any atom is 0.193 e. The van der Waals surface area contributed by atoms with Crippen molar-refractivity contribution in [3.05, 3.63) is 23.8 Å². The number of Topliss-reactive ketones (excluding diaryl/α,β-unsaturated/α-hetero) is 1. The highest BCUT2D eigenvalue weighted by molar-refractivity contribution is 6.01. The van der Waals surface area contributed by atoms with Crippen LogP contribution < -0.4 is 0 Å². The summed E-state index contributed by atoms with van der Waals surface area (Å²) in [5.74, 6) is -0.247. The lowest BCUT2D eigenvalue weighted by Crippen LogP contribution is -2.63. The molecule has 0 aromatic heterocycles. The third-order valence-electron chi connectivity index (χ3n) is 9.38. The van der Waals surface area contributed by atoms with Crippen molar-refractivity contribution in [3.63, 3.8) is 0 Å². The summed E-state index contributed by atoms with van der Waals surface area (Å²) in [6, 6.07) is 0. The molecule has 1 saturated heterocycles. The number of allylic oxidation sites excluding steroid dienone is 4. The van der Waals surface area contributed by atoms with Crippen LogP contribution in [-0.4, -0.2) is 63.7 Å². The van der Waals surface area contributed by atoms with Crippen LogP contribution in [0.15, 0.2) is 23.8 Å². The predicted octanol–water partition coefficient (Wildman–Crippen LogP) is 1.69. The minimum Gasteiger partial charge on any atom is -0.393 e. The number of ether oxygens (including phenoxy) is 2. The third-order valence-corrected chi connectivity index (χ3v) is 9.38. The molecule has 0 radical (unpaired) electrons. The molecule has 0 bridgehead atoms. The molecule has 1 aliphatic heterocycles. The van der Waals surface area contributed by atoms with Gasteiger partial charge in [-0.1, -0.05) is 25.5 Å². The van der Waals surface area contributed by atoms with Crippen molar-refractivity contribution in [2.45, 2.75) is 83.1 Å². The summed E-state index contributed by atoms with van der Waals surface area (Å²) in [5, 5.41) is 31.2. The Morgan fingerprint density at radius 3 is 2.78 bits per heavy atom. The number of aliphatic hydroxyl groups is 3. The number of ketones is 2. The summed E-state index contributed by atoms with van der Waals surface area (Å²) < 4.78 is 12.5. The van der Waals surface area contributed by atoms with Crippen molar-refractivity contribution in [2.75, 3.05) is 6.61 Å². The van der Waals surface area contributed by atoms with Gasteiger partial charge in [0.15, 0.2) is 23.5 Å². The van der Waals surface area contributed by atoms with Gasteiger partial charge in [-0.2, -0.15) is 0 Å². The molecule has 32 heavy (non-hydrogen) atoms. The number of fused-ring (bicyclic) bond motifs is 7. The molecule has 2 unspecified atom stereocenters. The maximum absolute atomic E-state index is 13.2. The molecular weight excluding hydrogens is 412 g/mol. The zero-order valence-electron chi connectivity index (χ0n) is 19.0. The van der Waals surface area contributed by atoms with Crippen molar-refractivity contribution in [1.82, 2.24) is 0 Å². The Kier molecular flexibility index (Phi) is 5.12. The molecule has 0 amide bonds. The normalized spacial score (nSPS) is 50.2. The second-order valence-electron chi connectivity index (χ2n) is 11.0. The Bertz CT molecular complexity index is 893. The summed E-state index contributed by atoms with van der Waals surface area (Å²) in [7, 11) is 0. The maximum atomic E-state index is 13.2. The average Bonchev–Trinajstić information content (AvgIpc) is 3.19. The fourth-order valence-electron chi connectivity index (χ4n) is 8.14. The summed E-state index contributed by atoms with van der Waals surface area (Å²) >= 11 is 0. The third kappa shape index (κ3) is 2.78. The Balaban J connectivity index is 1.54. The number of carbonyl (C=O) groups is 2. The van der Waals surface area contributed by atoms with Crippen LogP contribution in [0.1, 0.15) is 52.9 Å². The first-order valence-electron chi connectivity index (χ1n) is 11.8. The van der Waals surface area contributed by atoms with E-state index >= 15 is 0 Å². The molecule has 1 heterocycles. The fourth-order valence-corrected chi connectivity index (χ4v) is 8.14. The monoisotopic (exact) mass is 446 g/mol. The van der Waals surface area contributed by atoms with Crippen LogP contribution in [0.2, 0.25) is 0 Å². The van der Waals surface area contributed by atoms with Crippen LogP contribution >= 0.6 is 0 Å². The second-order valence-corrected chi connectivity index (χ2v) is 11.0. The Morgan fingerprint density at radius 2 is 2.09 bits per heavy atom. The first kappa shape index (κ1) is 22.4. The SMILES string of the molecule is CC(O)CC1O[C@@H]2C[C@H]3[C@@H]4CCC5=CC(=O)C=C[C@]5(C)[C@H]4[C@@H](O)C[C@]3(C)[C@]2(C(=O)CO)O1. The highest BCUT2D eigenvalue weighted by atomic mass is 16.7. The van der Waals surface area contributed by atoms with Crippen LogP contribution in [-0.2, 0) is 19.1 Å². The summed E-state index contributed by atoms with van der Waals surface area (Å²) in [5.41, 5.74) is -1.33. The molecule has 10 atom stereocenters. The van der Waals surface area contributed by atoms with Gasteiger partial charge >= 0.3 is 0 Å². The highest BCUT2D eigenvalue weighted by Gasteiger charge is 2.75. The quantitative estimate of drug-likeness (QED) is 0.602. The molecule has 0 aromatic rings. The topological polar surface area (TPSA) is 113 Å². The van der Waals surface area contributed by atoms with Gasteiger partial charge in [-0.25, -0.2) is 0 Å². The summed E-state index contributed by atoms with van der Waals surface area (Å²) in [6.07, 6.45) is 5.57. The Labute approximate surface area is 188 Å². The van der Waals surface area contributed by atoms with E-state index in [1.165, 1.54) is 0 Å². The average molecular weight is 447 g/mol. The molecule has 3 N–H and O–H groups in total. The van der Waals surface area contributed by atoms with E-state index in [1.807, 2.05) is 13.0 Å². The van der Waals surface area contributed by atoms with Crippen molar-refractivity contribution in [1.29, 1.82) is 0 Å². The first-order valence-corrected chi connectivity index (χ1v) is 11.8. The van der Waals surface area contributed by atoms with Crippen molar-refractivity contribution < 1.29 is 34.4 Å². The van der Waals surface area contributed by atoms with Crippen LogP contribution in [0.4, 0.5) is 0 Å². The Morgan fingerprint density at radius 1 is 1.34 bits per heavy atom. The second kappa shape index (κ2) is 7.31. The Hall–Kier alpha value is -1.38. The lowest BCUT2D eigenvalue weighted by atomic mass is 9.46. The van der Waals surface area contributed by atoms with E-state index in [4.69, 9.17) is 9.47 Å². The van der Waals surface area contributed by atoms with E-state index in [0.29, 0.717) is 12.8 Å². The predicted molar refractivity (Wildman–Crippen MR) is 114 cm³/mol. The number of hydrogen-bond acceptors (Lipinski definition) is 7. The van der Waals surface area contributed by atoms with Gasteiger partial charge in [-0.15, -0.1) is 0 Å². The van der Waals surface area contributed by atoms with Gasteiger partial charge in [0.05, 0.1) is 18.3 Å². The minimum absolute atomic E-state index is 0.0000834. The molecule has 5 aliphatic rings. The van der Waals surface area contributed by atoms with Gasteiger partial charge in [0.1, 0.15) is 6.61 Å². The molecule has 7 heteroatoms. The van der Waals surface area contributed by atoms with Gasteiger partial charge in [0.2, 0.25) is 0 Å². The van der Waals surface area contributed by atoms with Crippen molar-refractivity contribution in [2.24, 2.45) is 28.6 Å². The lowest BCUT2D eigenvalue weighted by Gasteiger charge is -2.59. The fraction of sp³-hybridized carbons (Fsp3) is 0.760. The number of rotatable bonds is 4. The van der Waals surface area contributed by atoms with Crippen LogP contribution in [0.25, 0.3) is 0 Å². The summed E-state index contributed by atoms with van der Waals surface area (Å²) in [4.78, 5) is 25.2. The van der Waals surface area contributed by atoms with Crippen molar-refractivity contribution >= 4 is 11.6 Å². The first-order chi connectivity index (χ1) is 15.1. The standard InChI is InChI=1S/C25H34O7/c1-13(27)8-21-31-20-10-17-16-5-4-14-9-15(28)6-7-23(14,2)22(16)18(29)11-24(17,3)25(20,32-21)19(30)12-26/h6-7,9,13,16-18,20-22,26-27,29H,4-5,8,10-12H2,1-3H3/t13?,16-,17-,18-,20+,21?,22+,23-,24-,25+/m0/s1. The van der Waals surface area contributed by atoms with Gasteiger partial charge < -0.3 is 24.8 Å². The van der Waals surface area contributed by atoms with Crippen LogP contribution in [0.5, 0.6) is 0 Å². The molecule has 4 fully saturated rings. The molecule has 0 spiro atoms. The molecule has 4 aliphatic carbocycles. The van der Waals surface area contributed by atoms with Crippen LogP contribution in [0, 0.1) is 28.6 Å². The van der Waals surface area contributed by atoms with Gasteiger partial charge in [0, 0.05) is 23.2 Å². The zero-order chi connectivity index (χ0) is 23.1. The van der Waals surface area contributed by atoms with Gasteiger partial charge in [0.25, 0.3) is 0 Å². The number of aliphatic hydroxyl groups excluding tert-OH is 3.